The summed E-state index contributed by atoms with van der Waals surface area (Å²) in [4.78, 5) is 26.7. The first-order valence-corrected chi connectivity index (χ1v) is 6.83. The van der Waals surface area contributed by atoms with Crippen molar-refractivity contribution in [2.45, 2.75) is 6.54 Å². The predicted octanol–water partition coefficient (Wildman–Crippen LogP) is 2.56. The molecule has 0 radical (unpaired) electrons. The summed E-state index contributed by atoms with van der Waals surface area (Å²) in [6.07, 6.45) is 2.96. The number of aromatic nitrogens is 1. The molecule has 1 amide bonds. The minimum absolute atomic E-state index is 0.228. The molecule has 0 aliphatic rings. The van der Waals surface area contributed by atoms with Crippen molar-refractivity contribution in [3.05, 3.63) is 82.7 Å². The summed E-state index contributed by atoms with van der Waals surface area (Å²) >= 11 is 0. The summed E-state index contributed by atoms with van der Waals surface area (Å²) in [5.41, 5.74) is 1.40. The summed E-state index contributed by atoms with van der Waals surface area (Å²) in [7, 11) is 0. The molecule has 5 heteroatoms. The third-order valence-corrected chi connectivity index (χ3v) is 3.25. The van der Waals surface area contributed by atoms with Crippen LogP contribution in [0.25, 0.3) is 11.1 Å². The van der Waals surface area contributed by atoms with Gasteiger partial charge in [-0.3, -0.25) is 9.59 Å². The zero-order chi connectivity index (χ0) is 15.4. The number of nitrogens with one attached hydrogen (secondary N) is 2. The molecule has 2 aromatic heterocycles. The molecule has 0 saturated heterocycles. The minimum atomic E-state index is -0.273. The highest BCUT2D eigenvalue weighted by Crippen LogP contribution is 2.15. The largest absolute Gasteiger partial charge is 0.467 e. The van der Waals surface area contributed by atoms with Gasteiger partial charge in [-0.2, -0.15) is 0 Å². The molecule has 5 nitrogen and oxygen atoms in total. The van der Waals surface area contributed by atoms with E-state index in [-0.39, 0.29) is 11.5 Å². The first kappa shape index (κ1) is 13.9. The molecule has 0 spiro atoms. The molecule has 1 aromatic carbocycles. The molecule has 22 heavy (non-hydrogen) atoms. The highest BCUT2D eigenvalue weighted by Gasteiger charge is 2.10. The Morgan fingerprint density at radius 3 is 2.68 bits per heavy atom. The molecular formula is C17H14N2O3. The van der Waals surface area contributed by atoms with Crippen LogP contribution in [-0.4, -0.2) is 10.9 Å². The molecule has 0 bridgehead atoms. The second-order valence-electron chi connectivity index (χ2n) is 4.76. The van der Waals surface area contributed by atoms with Gasteiger partial charge in [0.05, 0.1) is 18.4 Å². The molecule has 0 fully saturated rings. The number of furan rings is 1. The predicted molar refractivity (Wildman–Crippen MR) is 82.4 cm³/mol. The quantitative estimate of drug-likeness (QED) is 0.776. The zero-order valence-corrected chi connectivity index (χ0v) is 11.7. The Hall–Kier alpha value is -3.08. The SMILES string of the molecule is O=C(NCc1ccco1)c1c[nH]c(=O)c(-c2ccccc2)c1. The van der Waals surface area contributed by atoms with E-state index in [1.165, 1.54) is 6.20 Å². The smallest absolute Gasteiger partial charge is 0.255 e. The Morgan fingerprint density at radius 2 is 1.95 bits per heavy atom. The number of rotatable bonds is 4. The Bertz CT molecular complexity index is 821. The van der Waals surface area contributed by atoms with Crippen LogP contribution in [0.1, 0.15) is 16.1 Å². The molecular weight excluding hydrogens is 280 g/mol. The fourth-order valence-corrected chi connectivity index (χ4v) is 2.13. The van der Waals surface area contributed by atoms with Gasteiger partial charge in [-0.05, 0) is 23.8 Å². The normalized spacial score (nSPS) is 10.4. The van der Waals surface area contributed by atoms with Gasteiger partial charge in [0.2, 0.25) is 0 Å². The monoisotopic (exact) mass is 294 g/mol. The van der Waals surface area contributed by atoms with E-state index in [9.17, 15) is 9.59 Å². The molecule has 3 rings (SSSR count). The van der Waals surface area contributed by atoms with Crippen molar-refractivity contribution in [3.8, 4) is 11.1 Å². The lowest BCUT2D eigenvalue weighted by Crippen LogP contribution is -2.24. The Kier molecular flexibility index (Phi) is 3.87. The highest BCUT2D eigenvalue weighted by molar-refractivity contribution is 5.94. The fourth-order valence-electron chi connectivity index (χ4n) is 2.13. The van der Waals surface area contributed by atoms with Crippen molar-refractivity contribution >= 4 is 5.91 Å². The summed E-state index contributed by atoms with van der Waals surface area (Å²) in [5, 5.41) is 2.74. The molecule has 0 atom stereocenters. The lowest BCUT2D eigenvalue weighted by atomic mass is 10.1. The van der Waals surface area contributed by atoms with Crippen LogP contribution in [-0.2, 0) is 6.54 Å². The molecule has 2 heterocycles. The second-order valence-corrected chi connectivity index (χ2v) is 4.76. The van der Waals surface area contributed by atoms with Crippen LogP contribution in [0.5, 0.6) is 0 Å². The van der Waals surface area contributed by atoms with Crippen molar-refractivity contribution in [1.29, 1.82) is 0 Å². The number of hydrogen-bond acceptors (Lipinski definition) is 3. The second kappa shape index (κ2) is 6.13. The summed E-state index contributed by atoms with van der Waals surface area (Å²) in [5.74, 6) is 0.394. The van der Waals surface area contributed by atoms with Crippen molar-refractivity contribution in [2.75, 3.05) is 0 Å². The third-order valence-electron chi connectivity index (χ3n) is 3.25. The first-order valence-electron chi connectivity index (χ1n) is 6.83. The van der Waals surface area contributed by atoms with Crippen LogP contribution in [0.2, 0.25) is 0 Å². The molecule has 0 unspecified atom stereocenters. The van der Waals surface area contributed by atoms with Crippen molar-refractivity contribution in [1.82, 2.24) is 10.3 Å². The topological polar surface area (TPSA) is 75.1 Å². The standard InChI is InChI=1S/C17H14N2O3/c20-16(19-11-14-7-4-8-22-14)13-9-15(17(21)18-10-13)12-5-2-1-3-6-12/h1-10H,11H2,(H,18,21)(H,19,20). The number of amides is 1. The third kappa shape index (κ3) is 2.98. The molecule has 3 aromatic rings. The van der Waals surface area contributed by atoms with E-state index in [1.807, 2.05) is 30.3 Å². The van der Waals surface area contributed by atoms with Crippen LogP contribution < -0.4 is 10.9 Å². The van der Waals surface area contributed by atoms with Crippen LogP contribution in [0, 0.1) is 0 Å². The molecule has 0 saturated carbocycles. The number of carbonyl (C=O) groups excluding carboxylic acids is 1. The van der Waals surface area contributed by atoms with Crippen LogP contribution in [0.3, 0.4) is 0 Å². The molecule has 2 N–H and O–H groups in total. The van der Waals surface area contributed by atoms with Gasteiger partial charge in [0, 0.05) is 11.8 Å². The van der Waals surface area contributed by atoms with E-state index in [1.54, 1.807) is 24.5 Å². The molecule has 0 aliphatic carbocycles. The maximum Gasteiger partial charge on any atom is 0.255 e. The van der Waals surface area contributed by atoms with Gasteiger partial charge < -0.3 is 14.7 Å². The van der Waals surface area contributed by atoms with E-state index in [4.69, 9.17) is 4.42 Å². The average Bonchev–Trinajstić information content (AvgIpc) is 3.07. The van der Waals surface area contributed by atoms with Gasteiger partial charge in [0.1, 0.15) is 5.76 Å². The van der Waals surface area contributed by atoms with Gasteiger partial charge in [-0.25, -0.2) is 0 Å². The van der Waals surface area contributed by atoms with Gasteiger partial charge in [-0.15, -0.1) is 0 Å². The van der Waals surface area contributed by atoms with E-state index in [0.717, 1.165) is 5.56 Å². The van der Waals surface area contributed by atoms with Crippen LogP contribution >= 0.6 is 0 Å². The van der Waals surface area contributed by atoms with E-state index in [0.29, 0.717) is 23.4 Å². The zero-order valence-electron chi connectivity index (χ0n) is 11.7. The number of hydrogen-bond donors (Lipinski definition) is 2. The van der Waals surface area contributed by atoms with E-state index >= 15 is 0 Å². The Labute approximate surface area is 126 Å². The van der Waals surface area contributed by atoms with Crippen LogP contribution in [0.15, 0.2) is 70.2 Å². The summed E-state index contributed by atoms with van der Waals surface area (Å²) in [6, 6.07) is 14.3. The van der Waals surface area contributed by atoms with Gasteiger partial charge in [0.15, 0.2) is 0 Å². The van der Waals surface area contributed by atoms with E-state index in [2.05, 4.69) is 10.3 Å². The lowest BCUT2D eigenvalue weighted by molar-refractivity contribution is 0.0947. The Morgan fingerprint density at radius 1 is 1.14 bits per heavy atom. The van der Waals surface area contributed by atoms with Crippen molar-refractivity contribution in [2.24, 2.45) is 0 Å². The number of pyridine rings is 1. The van der Waals surface area contributed by atoms with E-state index < -0.39 is 0 Å². The molecule has 0 aliphatic heterocycles. The highest BCUT2D eigenvalue weighted by atomic mass is 16.3. The minimum Gasteiger partial charge on any atom is -0.467 e. The fraction of sp³-hybridized carbons (Fsp3) is 0.0588. The molecule has 110 valence electrons. The summed E-state index contributed by atoms with van der Waals surface area (Å²) < 4.78 is 5.16. The number of carbonyl (C=O) groups is 1. The van der Waals surface area contributed by atoms with Crippen molar-refractivity contribution < 1.29 is 9.21 Å². The van der Waals surface area contributed by atoms with Crippen molar-refractivity contribution in [3.63, 3.8) is 0 Å². The van der Waals surface area contributed by atoms with Crippen LogP contribution in [0.4, 0.5) is 0 Å². The lowest BCUT2D eigenvalue weighted by Gasteiger charge is -2.06. The van der Waals surface area contributed by atoms with Gasteiger partial charge in [0.25, 0.3) is 11.5 Å². The maximum atomic E-state index is 12.2. The first-order chi connectivity index (χ1) is 10.7. The maximum absolute atomic E-state index is 12.2. The summed E-state index contributed by atoms with van der Waals surface area (Å²) in [6.45, 7) is 0.297. The number of benzene rings is 1. The average molecular weight is 294 g/mol. The Balaban J connectivity index is 1.82. The number of H-pyrrole nitrogens is 1. The number of aromatic amines is 1. The van der Waals surface area contributed by atoms with Gasteiger partial charge >= 0.3 is 0 Å². The van der Waals surface area contributed by atoms with Gasteiger partial charge in [-0.1, -0.05) is 30.3 Å².